The monoisotopic (exact) mass is 346 g/mol. The molecule has 0 aliphatic heterocycles. The molecule has 2 rings (SSSR count). The molecule has 0 saturated carbocycles. The van der Waals surface area contributed by atoms with Crippen LogP contribution >= 0.6 is 11.6 Å². The van der Waals surface area contributed by atoms with Gasteiger partial charge in [0.2, 0.25) is 5.91 Å². The molecule has 2 aromatic carbocycles. The number of halogens is 1. The van der Waals surface area contributed by atoms with Crippen LogP contribution in [0.3, 0.4) is 0 Å². The van der Waals surface area contributed by atoms with Crippen molar-refractivity contribution in [3.63, 3.8) is 0 Å². The number of benzene rings is 2. The second-order valence-corrected chi connectivity index (χ2v) is 6.06. The van der Waals surface area contributed by atoms with Crippen LogP contribution in [0.15, 0.2) is 48.5 Å². The van der Waals surface area contributed by atoms with E-state index in [-0.39, 0.29) is 18.0 Å². The van der Waals surface area contributed by atoms with Gasteiger partial charge in [-0.15, -0.1) is 0 Å². The Bertz CT molecular complexity index is 673. The van der Waals surface area contributed by atoms with E-state index in [0.717, 1.165) is 17.7 Å². The second kappa shape index (κ2) is 8.71. The van der Waals surface area contributed by atoms with Crippen molar-refractivity contribution in [1.29, 1.82) is 0 Å². The number of hydrogen-bond acceptors (Lipinski definition) is 3. The summed E-state index contributed by atoms with van der Waals surface area (Å²) >= 11 is 5.94. The fourth-order valence-electron chi connectivity index (χ4n) is 2.48. The van der Waals surface area contributed by atoms with E-state index in [9.17, 15) is 4.79 Å². The van der Waals surface area contributed by atoms with Crippen molar-refractivity contribution in [1.82, 2.24) is 5.32 Å². The zero-order chi connectivity index (χ0) is 17.5. The molecule has 0 heterocycles. The van der Waals surface area contributed by atoms with Gasteiger partial charge in [-0.25, -0.2) is 0 Å². The van der Waals surface area contributed by atoms with Crippen LogP contribution in [0.5, 0.6) is 5.75 Å². The lowest BCUT2D eigenvalue weighted by atomic mass is 10.0. The van der Waals surface area contributed by atoms with Gasteiger partial charge in [0.15, 0.2) is 0 Å². The summed E-state index contributed by atoms with van der Waals surface area (Å²) in [6.07, 6.45) is 0.876. The van der Waals surface area contributed by atoms with Crippen molar-refractivity contribution >= 4 is 23.2 Å². The van der Waals surface area contributed by atoms with Crippen LogP contribution < -0.4 is 15.4 Å². The maximum absolute atomic E-state index is 12.4. The highest BCUT2D eigenvalue weighted by atomic mass is 35.5. The van der Waals surface area contributed by atoms with Crippen LogP contribution in [0.2, 0.25) is 5.02 Å². The second-order valence-electron chi connectivity index (χ2n) is 5.62. The summed E-state index contributed by atoms with van der Waals surface area (Å²) in [4.78, 5) is 12.4. The van der Waals surface area contributed by atoms with Crippen molar-refractivity contribution in [3.8, 4) is 5.75 Å². The molecule has 0 spiro atoms. The third kappa shape index (κ3) is 4.98. The highest BCUT2D eigenvalue weighted by Gasteiger charge is 2.18. The van der Waals surface area contributed by atoms with Gasteiger partial charge < -0.3 is 10.1 Å². The highest BCUT2D eigenvalue weighted by Crippen LogP contribution is 2.21. The summed E-state index contributed by atoms with van der Waals surface area (Å²) in [6.45, 7) is 3.94. The van der Waals surface area contributed by atoms with Gasteiger partial charge in [-0.2, -0.15) is 0 Å². The zero-order valence-electron chi connectivity index (χ0n) is 14.2. The standard InChI is InChI=1S/C19H23ClN2O2/c1-4-18(14-8-10-17(24-3)11-9-14)21-13(2)19(23)22-16-7-5-6-15(20)12-16/h5-13,18,21H,4H2,1-3H3,(H,22,23)/t13-,18+/m0/s1. The van der Waals surface area contributed by atoms with Crippen molar-refractivity contribution in [2.24, 2.45) is 0 Å². The van der Waals surface area contributed by atoms with E-state index >= 15 is 0 Å². The number of carbonyl (C=O) groups excluding carboxylic acids is 1. The van der Waals surface area contributed by atoms with Crippen LogP contribution in [0.1, 0.15) is 31.9 Å². The number of nitrogens with one attached hydrogen (secondary N) is 2. The molecule has 128 valence electrons. The first-order valence-corrected chi connectivity index (χ1v) is 8.37. The molecule has 24 heavy (non-hydrogen) atoms. The van der Waals surface area contributed by atoms with Crippen molar-refractivity contribution < 1.29 is 9.53 Å². The predicted molar refractivity (Wildman–Crippen MR) is 98.7 cm³/mol. The lowest BCUT2D eigenvalue weighted by Crippen LogP contribution is -2.40. The van der Waals surface area contributed by atoms with Crippen molar-refractivity contribution in [2.75, 3.05) is 12.4 Å². The van der Waals surface area contributed by atoms with Gasteiger partial charge in [-0.05, 0) is 49.2 Å². The normalized spacial score (nSPS) is 13.2. The van der Waals surface area contributed by atoms with E-state index in [0.29, 0.717) is 10.7 Å². The fourth-order valence-corrected chi connectivity index (χ4v) is 2.67. The Morgan fingerprint density at radius 1 is 1.21 bits per heavy atom. The third-order valence-corrected chi connectivity index (χ3v) is 4.10. The minimum Gasteiger partial charge on any atom is -0.497 e. The average molecular weight is 347 g/mol. The van der Waals surface area contributed by atoms with E-state index in [1.165, 1.54) is 0 Å². The van der Waals surface area contributed by atoms with E-state index in [1.54, 1.807) is 19.2 Å². The van der Waals surface area contributed by atoms with E-state index < -0.39 is 0 Å². The first kappa shape index (κ1) is 18.3. The zero-order valence-corrected chi connectivity index (χ0v) is 14.9. The summed E-state index contributed by atoms with van der Waals surface area (Å²) in [5.41, 5.74) is 1.82. The molecule has 0 aliphatic rings. The molecule has 0 aliphatic carbocycles. The Morgan fingerprint density at radius 3 is 2.50 bits per heavy atom. The molecule has 1 amide bonds. The highest BCUT2D eigenvalue weighted by molar-refractivity contribution is 6.30. The summed E-state index contributed by atoms with van der Waals surface area (Å²) in [5.74, 6) is 0.726. The number of hydrogen-bond donors (Lipinski definition) is 2. The van der Waals surface area contributed by atoms with Gasteiger partial charge in [0.1, 0.15) is 5.75 Å². The van der Waals surface area contributed by atoms with E-state index in [2.05, 4.69) is 17.6 Å². The number of ether oxygens (including phenoxy) is 1. The maximum atomic E-state index is 12.4. The van der Waals surface area contributed by atoms with Gasteiger partial charge in [0, 0.05) is 16.8 Å². The topological polar surface area (TPSA) is 50.4 Å². The van der Waals surface area contributed by atoms with Gasteiger partial charge in [-0.1, -0.05) is 36.7 Å². The molecule has 2 aromatic rings. The van der Waals surface area contributed by atoms with Crippen LogP contribution in [0.25, 0.3) is 0 Å². The Labute approximate surface area is 148 Å². The molecule has 2 N–H and O–H groups in total. The van der Waals surface area contributed by atoms with Crippen LogP contribution in [0, 0.1) is 0 Å². The Balaban J connectivity index is 1.99. The Morgan fingerprint density at radius 2 is 1.92 bits per heavy atom. The van der Waals surface area contributed by atoms with Crippen LogP contribution in [0.4, 0.5) is 5.69 Å². The van der Waals surface area contributed by atoms with Crippen molar-refractivity contribution in [2.45, 2.75) is 32.4 Å². The number of rotatable bonds is 7. The van der Waals surface area contributed by atoms with Crippen LogP contribution in [-0.4, -0.2) is 19.1 Å². The predicted octanol–water partition coefficient (Wildman–Crippen LogP) is 4.42. The summed E-state index contributed by atoms with van der Waals surface area (Å²) < 4.78 is 5.18. The molecule has 0 aromatic heterocycles. The largest absolute Gasteiger partial charge is 0.497 e. The summed E-state index contributed by atoms with van der Waals surface area (Å²) in [7, 11) is 1.65. The molecule has 0 unspecified atom stereocenters. The quantitative estimate of drug-likeness (QED) is 0.780. The molecule has 0 fully saturated rings. The van der Waals surface area contributed by atoms with Gasteiger partial charge in [0.25, 0.3) is 0 Å². The minimum atomic E-state index is -0.337. The Hall–Kier alpha value is -2.04. The molecular formula is C19H23ClN2O2. The van der Waals surface area contributed by atoms with E-state index in [1.807, 2.05) is 43.3 Å². The maximum Gasteiger partial charge on any atom is 0.241 e. The Kier molecular flexibility index (Phi) is 6.64. The average Bonchev–Trinajstić information content (AvgIpc) is 2.59. The molecule has 4 nitrogen and oxygen atoms in total. The van der Waals surface area contributed by atoms with Gasteiger partial charge >= 0.3 is 0 Å². The van der Waals surface area contributed by atoms with E-state index in [4.69, 9.17) is 16.3 Å². The third-order valence-electron chi connectivity index (χ3n) is 3.86. The molecule has 5 heteroatoms. The molecular weight excluding hydrogens is 324 g/mol. The molecule has 0 saturated heterocycles. The van der Waals surface area contributed by atoms with Crippen molar-refractivity contribution in [3.05, 3.63) is 59.1 Å². The summed E-state index contributed by atoms with van der Waals surface area (Å²) in [5, 5.41) is 6.84. The molecule has 2 atom stereocenters. The fraction of sp³-hybridized carbons (Fsp3) is 0.316. The smallest absolute Gasteiger partial charge is 0.241 e. The lowest BCUT2D eigenvalue weighted by Gasteiger charge is -2.22. The minimum absolute atomic E-state index is 0.0933. The number of amides is 1. The number of anilines is 1. The first-order chi connectivity index (χ1) is 11.5. The van der Waals surface area contributed by atoms with Gasteiger partial charge in [-0.3, -0.25) is 10.1 Å². The number of carbonyl (C=O) groups is 1. The SMILES string of the molecule is CC[C@@H](N[C@@H](C)C(=O)Nc1cccc(Cl)c1)c1ccc(OC)cc1. The lowest BCUT2D eigenvalue weighted by molar-refractivity contribution is -0.118. The molecule has 0 radical (unpaired) electrons. The summed E-state index contributed by atoms with van der Waals surface area (Å²) in [6, 6.07) is 14.8. The molecule has 0 bridgehead atoms. The van der Waals surface area contributed by atoms with Crippen LogP contribution in [-0.2, 0) is 4.79 Å². The first-order valence-electron chi connectivity index (χ1n) is 8.00. The number of methoxy groups -OCH3 is 1. The van der Waals surface area contributed by atoms with Gasteiger partial charge in [0.05, 0.1) is 13.2 Å².